The van der Waals surface area contributed by atoms with E-state index in [9.17, 15) is 4.79 Å². The maximum absolute atomic E-state index is 11.5. The third-order valence-corrected chi connectivity index (χ3v) is 3.14. The molecule has 0 aromatic heterocycles. The van der Waals surface area contributed by atoms with Crippen molar-refractivity contribution in [2.45, 2.75) is 13.5 Å². The van der Waals surface area contributed by atoms with Gasteiger partial charge < -0.3 is 14.2 Å². The highest BCUT2D eigenvalue weighted by molar-refractivity contribution is 5.97. The Balaban J connectivity index is 2.15. The molecule has 110 valence electrons. The molecule has 0 spiro atoms. The molecule has 2 aromatic rings. The van der Waals surface area contributed by atoms with Crippen molar-refractivity contribution in [2.75, 3.05) is 14.2 Å². The summed E-state index contributed by atoms with van der Waals surface area (Å²) < 4.78 is 16.2. The van der Waals surface area contributed by atoms with Crippen LogP contribution in [0.5, 0.6) is 17.2 Å². The van der Waals surface area contributed by atoms with Gasteiger partial charge in [0.05, 0.1) is 19.8 Å². The molecule has 0 unspecified atom stereocenters. The van der Waals surface area contributed by atoms with Gasteiger partial charge in [0.1, 0.15) is 23.9 Å². The molecule has 4 nitrogen and oxygen atoms in total. The number of carbonyl (C=O) groups excluding carboxylic acids is 1. The summed E-state index contributed by atoms with van der Waals surface area (Å²) in [7, 11) is 3.16. The van der Waals surface area contributed by atoms with Crippen molar-refractivity contribution in [3.8, 4) is 17.2 Å². The largest absolute Gasteiger partial charge is 0.496 e. The van der Waals surface area contributed by atoms with Crippen molar-refractivity contribution in [3.63, 3.8) is 0 Å². The van der Waals surface area contributed by atoms with Crippen LogP contribution in [0.1, 0.15) is 22.8 Å². The minimum Gasteiger partial charge on any atom is -0.496 e. The summed E-state index contributed by atoms with van der Waals surface area (Å²) in [5, 5.41) is 0. The predicted molar refractivity (Wildman–Crippen MR) is 80.3 cm³/mol. The average Bonchev–Trinajstić information content (AvgIpc) is 2.52. The van der Waals surface area contributed by atoms with E-state index in [1.807, 2.05) is 24.3 Å². The molecule has 0 saturated carbocycles. The van der Waals surface area contributed by atoms with E-state index >= 15 is 0 Å². The first-order valence-electron chi connectivity index (χ1n) is 6.59. The van der Waals surface area contributed by atoms with Crippen molar-refractivity contribution >= 4 is 5.78 Å². The Bertz CT molecular complexity index is 634. The monoisotopic (exact) mass is 286 g/mol. The minimum absolute atomic E-state index is 0.0388. The fraction of sp³-hybridized carbons (Fsp3) is 0.235. The lowest BCUT2D eigenvalue weighted by Crippen LogP contribution is -2.01. The molecule has 0 N–H and O–H groups in total. The van der Waals surface area contributed by atoms with E-state index in [0.717, 1.165) is 11.3 Å². The number of ether oxygens (including phenoxy) is 3. The van der Waals surface area contributed by atoms with E-state index in [1.54, 1.807) is 25.3 Å². The van der Waals surface area contributed by atoms with E-state index in [1.165, 1.54) is 14.0 Å². The van der Waals surface area contributed by atoms with Crippen LogP contribution in [0, 0.1) is 0 Å². The number of rotatable bonds is 6. The van der Waals surface area contributed by atoms with Crippen LogP contribution in [0.2, 0.25) is 0 Å². The Hall–Kier alpha value is -2.49. The summed E-state index contributed by atoms with van der Waals surface area (Å²) in [6, 6.07) is 12.9. The summed E-state index contributed by atoms with van der Waals surface area (Å²) >= 11 is 0. The summed E-state index contributed by atoms with van der Waals surface area (Å²) in [4.78, 5) is 11.5. The predicted octanol–water partition coefficient (Wildman–Crippen LogP) is 3.49. The second-order valence-electron chi connectivity index (χ2n) is 4.52. The molecule has 0 saturated heterocycles. The number of para-hydroxylation sites is 1. The highest BCUT2D eigenvalue weighted by Crippen LogP contribution is 2.26. The van der Waals surface area contributed by atoms with Gasteiger partial charge in [0.15, 0.2) is 5.78 Å². The smallest absolute Gasteiger partial charge is 0.163 e. The molecule has 0 bridgehead atoms. The average molecular weight is 286 g/mol. The normalized spacial score (nSPS) is 10.0. The summed E-state index contributed by atoms with van der Waals surface area (Å²) in [6.45, 7) is 1.89. The molecule has 2 rings (SSSR count). The third-order valence-electron chi connectivity index (χ3n) is 3.14. The fourth-order valence-electron chi connectivity index (χ4n) is 2.04. The number of carbonyl (C=O) groups is 1. The molecule has 0 fully saturated rings. The number of benzene rings is 2. The van der Waals surface area contributed by atoms with Crippen molar-refractivity contribution in [3.05, 3.63) is 53.6 Å². The van der Waals surface area contributed by atoms with Crippen LogP contribution < -0.4 is 14.2 Å². The third kappa shape index (κ3) is 3.54. The molecule has 2 aromatic carbocycles. The van der Waals surface area contributed by atoms with Gasteiger partial charge in [-0.25, -0.2) is 0 Å². The van der Waals surface area contributed by atoms with E-state index in [0.29, 0.717) is 23.7 Å². The summed E-state index contributed by atoms with van der Waals surface area (Å²) in [5.74, 6) is 1.90. The van der Waals surface area contributed by atoms with Crippen molar-refractivity contribution in [2.24, 2.45) is 0 Å². The van der Waals surface area contributed by atoms with Gasteiger partial charge in [-0.2, -0.15) is 0 Å². The molecule has 0 aliphatic rings. The number of hydrogen-bond donors (Lipinski definition) is 0. The van der Waals surface area contributed by atoms with Crippen LogP contribution in [0.15, 0.2) is 42.5 Å². The van der Waals surface area contributed by atoms with Crippen LogP contribution in [0.3, 0.4) is 0 Å². The molecule has 4 heteroatoms. The molecule has 0 atom stereocenters. The topological polar surface area (TPSA) is 44.8 Å². The van der Waals surface area contributed by atoms with Gasteiger partial charge in [0.25, 0.3) is 0 Å². The van der Waals surface area contributed by atoms with E-state index in [2.05, 4.69) is 0 Å². The maximum atomic E-state index is 11.5. The Morgan fingerprint density at radius 3 is 2.38 bits per heavy atom. The van der Waals surface area contributed by atoms with Crippen LogP contribution in [0.4, 0.5) is 0 Å². The van der Waals surface area contributed by atoms with Crippen molar-refractivity contribution in [1.82, 2.24) is 0 Å². The lowest BCUT2D eigenvalue weighted by atomic mass is 10.1. The van der Waals surface area contributed by atoms with E-state index in [4.69, 9.17) is 14.2 Å². The molecular formula is C17H18O4. The van der Waals surface area contributed by atoms with Gasteiger partial charge in [-0.15, -0.1) is 0 Å². The van der Waals surface area contributed by atoms with Crippen molar-refractivity contribution in [1.29, 1.82) is 0 Å². The standard InChI is InChI=1S/C17H18O4/c1-12(18)15-9-8-14(10-17(15)20-3)21-11-13-6-4-5-7-16(13)19-2/h4-10H,11H2,1-3H3. The maximum Gasteiger partial charge on any atom is 0.163 e. The van der Waals surface area contributed by atoms with Crippen LogP contribution in [-0.4, -0.2) is 20.0 Å². The minimum atomic E-state index is -0.0388. The quantitative estimate of drug-likeness (QED) is 0.763. The zero-order valence-corrected chi connectivity index (χ0v) is 12.4. The second kappa shape index (κ2) is 6.79. The molecule has 0 aliphatic carbocycles. The van der Waals surface area contributed by atoms with Crippen LogP contribution in [-0.2, 0) is 6.61 Å². The van der Waals surface area contributed by atoms with Gasteiger partial charge in [-0.3, -0.25) is 4.79 Å². The number of hydrogen-bond acceptors (Lipinski definition) is 4. The second-order valence-corrected chi connectivity index (χ2v) is 4.52. The van der Waals surface area contributed by atoms with Gasteiger partial charge in [0, 0.05) is 11.6 Å². The van der Waals surface area contributed by atoms with Crippen molar-refractivity contribution < 1.29 is 19.0 Å². The Morgan fingerprint density at radius 1 is 1.00 bits per heavy atom. The highest BCUT2D eigenvalue weighted by Gasteiger charge is 2.10. The van der Waals surface area contributed by atoms with Gasteiger partial charge in [0.2, 0.25) is 0 Å². The molecular weight excluding hydrogens is 268 g/mol. The number of ketones is 1. The first-order chi connectivity index (χ1) is 10.2. The molecule has 0 radical (unpaired) electrons. The van der Waals surface area contributed by atoms with Gasteiger partial charge in [-0.1, -0.05) is 18.2 Å². The Labute approximate surface area is 124 Å². The summed E-state index contributed by atoms with van der Waals surface area (Å²) in [6.07, 6.45) is 0. The van der Waals surface area contributed by atoms with Crippen LogP contribution >= 0.6 is 0 Å². The molecule has 21 heavy (non-hydrogen) atoms. The lowest BCUT2D eigenvalue weighted by Gasteiger charge is -2.12. The first kappa shape index (κ1) is 14.9. The summed E-state index contributed by atoms with van der Waals surface area (Å²) in [5.41, 5.74) is 1.50. The van der Waals surface area contributed by atoms with Gasteiger partial charge in [-0.05, 0) is 25.1 Å². The highest BCUT2D eigenvalue weighted by atomic mass is 16.5. The molecule has 0 amide bonds. The lowest BCUT2D eigenvalue weighted by molar-refractivity contribution is 0.101. The zero-order chi connectivity index (χ0) is 15.2. The Kier molecular flexibility index (Phi) is 4.82. The van der Waals surface area contributed by atoms with Crippen LogP contribution in [0.25, 0.3) is 0 Å². The Morgan fingerprint density at radius 2 is 1.71 bits per heavy atom. The van der Waals surface area contributed by atoms with Gasteiger partial charge >= 0.3 is 0 Å². The zero-order valence-electron chi connectivity index (χ0n) is 12.4. The SMILES string of the molecule is COc1ccccc1COc1ccc(C(C)=O)c(OC)c1. The molecule has 0 aliphatic heterocycles. The number of Topliss-reactive ketones (excluding diaryl/α,β-unsaturated/α-hetero) is 1. The fourth-order valence-corrected chi connectivity index (χ4v) is 2.04. The van der Waals surface area contributed by atoms with E-state index < -0.39 is 0 Å². The number of methoxy groups -OCH3 is 2. The first-order valence-corrected chi connectivity index (χ1v) is 6.59. The molecule has 0 heterocycles. The van der Waals surface area contributed by atoms with E-state index in [-0.39, 0.29) is 5.78 Å².